The van der Waals surface area contributed by atoms with Gasteiger partial charge in [-0.15, -0.1) is 5.10 Å². The molecule has 1 aromatic carbocycles. The van der Waals surface area contributed by atoms with Crippen LogP contribution in [0, 0.1) is 12.7 Å². The van der Waals surface area contributed by atoms with Gasteiger partial charge in [0.2, 0.25) is 5.95 Å². The third kappa shape index (κ3) is 6.21. The van der Waals surface area contributed by atoms with Gasteiger partial charge in [0.1, 0.15) is 11.4 Å². The second kappa shape index (κ2) is 10.3. The molecule has 1 aliphatic carbocycles. The van der Waals surface area contributed by atoms with Gasteiger partial charge in [-0.3, -0.25) is 0 Å². The van der Waals surface area contributed by atoms with Crippen molar-refractivity contribution in [2.45, 2.75) is 65.0 Å². The maximum atomic E-state index is 14.6. The van der Waals surface area contributed by atoms with E-state index in [4.69, 9.17) is 9.72 Å². The van der Waals surface area contributed by atoms with Crippen LogP contribution in [0.25, 0.3) is 0 Å². The van der Waals surface area contributed by atoms with E-state index in [0.29, 0.717) is 42.8 Å². The number of rotatable bonds is 6. The number of hydrogen-bond donors (Lipinski definition) is 2. The number of halogens is 1. The zero-order valence-corrected chi connectivity index (χ0v) is 23.3. The highest BCUT2D eigenvalue weighted by atomic mass is 19.1. The highest BCUT2D eigenvalue weighted by Gasteiger charge is 2.32. The van der Waals surface area contributed by atoms with Crippen LogP contribution in [0.3, 0.4) is 0 Å². The highest BCUT2D eigenvalue weighted by molar-refractivity contribution is 5.73. The summed E-state index contributed by atoms with van der Waals surface area (Å²) < 4.78 is 20.2. The van der Waals surface area contributed by atoms with Gasteiger partial charge in [0.05, 0.1) is 18.1 Å². The fraction of sp³-hybridized carbons (Fsp3) is 0.519. The number of nitrogens with zero attached hydrogens (tertiary/aromatic N) is 7. The van der Waals surface area contributed by atoms with Crippen LogP contribution in [-0.4, -0.2) is 67.2 Å². The number of nitrogens with one attached hydrogen (secondary N) is 2. The predicted octanol–water partition coefficient (Wildman–Crippen LogP) is 4.86. The van der Waals surface area contributed by atoms with Crippen LogP contribution in [-0.2, 0) is 11.8 Å². The second-order valence-corrected chi connectivity index (χ2v) is 11.3. The van der Waals surface area contributed by atoms with Crippen LogP contribution >= 0.6 is 0 Å². The molecule has 12 heteroatoms. The topological polar surface area (TPSA) is 113 Å². The lowest BCUT2D eigenvalue weighted by molar-refractivity contribution is 0.0159. The Kier molecular flexibility index (Phi) is 7.04. The molecule has 1 aliphatic heterocycles. The molecule has 1 saturated heterocycles. The summed E-state index contributed by atoms with van der Waals surface area (Å²) in [4.78, 5) is 27.4. The Balaban J connectivity index is 1.39. The zero-order valence-electron chi connectivity index (χ0n) is 23.3. The summed E-state index contributed by atoms with van der Waals surface area (Å²) in [6.45, 7) is 11.0. The van der Waals surface area contributed by atoms with Crippen molar-refractivity contribution in [2.24, 2.45) is 7.05 Å². The maximum Gasteiger partial charge on any atom is 0.410 e. The first-order chi connectivity index (χ1) is 18.5. The van der Waals surface area contributed by atoms with Crippen LogP contribution in [0.5, 0.6) is 0 Å². The molecule has 1 saturated carbocycles. The van der Waals surface area contributed by atoms with Crippen molar-refractivity contribution < 1.29 is 13.9 Å². The number of aromatic nitrogens is 5. The second-order valence-electron chi connectivity index (χ2n) is 11.3. The van der Waals surface area contributed by atoms with Crippen LogP contribution in [0.2, 0.25) is 0 Å². The monoisotopic (exact) mass is 537 g/mol. The van der Waals surface area contributed by atoms with E-state index in [1.54, 1.807) is 37.3 Å². The van der Waals surface area contributed by atoms with Crippen molar-refractivity contribution in [3.05, 3.63) is 41.5 Å². The Labute approximate surface area is 227 Å². The van der Waals surface area contributed by atoms with E-state index >= 15 is 0 Å². The molecule has 2 aromatic heterocycles. The Morgan fingerprint density at radius 3 is 2.56 bits per heavy atom. The molecule has 2 N–H and O–H groups in total. The quantitative estimate of drug-likeness (QED) is 0.455. The molecule has 0 spiro atoms. The Hall–Kier alpha value is -3.96. The molecule has 0 radical (unpaired) electrons. The average molecular weight is 538 g/mol. The van der Waals surface area contributed by atoms with Gasteiger partial charge in [-0.2, -0.15) is 14.9 Å². The summed E-state index contributed by atoms with van der Waals surface area (Å²) in [5, 5.41) is 15.0. The fourth-order valence-corrected chi connectivity index (χ4v) is 4.74. The van der Waals surface area contributed by atoms with Gasteiger partial charge in [-0.25, -0.2) is 14.2 Å². The Bertz CT molecular complexity index is 1370. The van der Waals surface area contributed by atoms with E-state index in [0.717, 1.165) is 29.8 Å². The van der Waals surface area contributed by atoms with Crippen LogP contribution in [0.1, 0.15) is 57.6 Å². The molecule has 1 atom stereocenters. The summed E-state index contributed by atoms with van der Waals surface area (Å²) in [7, 11) is 1.74. The number of hydrogen-bond acceptors (Lipinski definition) is 9. The number of benzene rings is 1. The Morgan fingerprint density at radius 1 is 1.15 bits per heavy atom. The highest BCUT2D eigenvalue weighted by Crippen LogP contribution is 2.43. The predicted molar refractivity (Wildman–Crippen MR) is 147 cm³/mol. The fourth-order valence-electron chi connectivity index (χ4n) is 4.74. The molecular formula is C27H36FN9O2. The number of ether oxygens (including phenoxy) is 1. The summed E-state index contributed by atoms with van der Waals surface area (Å²) in [5.74, 6) is 1.61. The van der Waals surface area contributed by atoms with Gasteiger partial charge in [0, 0.05) is 38.4 Å². The minimum atomic E-state index is -0.555. The van der Waals surface area contributed by atoms with E-state index in [9.17, 15) is 9.18 Å². The molecule has 0 bridgehead atoms. The lowest BCUT2D eigenvalue weighted by Gasteiger charge is -2.41. The lowest BCUT2D eigenvalue weighted by atomic mass is 10.1. The summed E-state index contributed by atoms with van der Waals surface area (Å²) in [6, 6.07) is 3.54. The van der Waals surface area contributed by atoms with Gasteiger partial charge < -0.3 is 25.2 Å². The van der Waals surface area contributed by atoms with Crippen molar-refractivity contribution in [3.8, 4) is 0 Å². The van der Waals surface area contributed by atoms with E-state index in [2.05, 4.69) is 30.7 Å². The van der Waals surface area contributed by atoms with E-state index in [1.165, 1.54) is 4.80 Å². The van der Waals surface area contributed by atoms with E-state index < -0.39 is 5.60 Å². The maximum absolute atomic E-state index is 14.6. The van der Waals surface area contributed by atoms with Gasteiger partial charge in [-0.1, -0.05) is 0 Å². The minimum Gasteiger partial charge on any atom is -0.444 e. The Morgan fingerprint density at radius 2 is 1.92 bits per heavy atom. The molecule has 1 amide bonds. The van der Waals surface area contributed by atoms with E-state index in [1.807, 2.05) is 33.8 Å². The third-order valence-electron chi connectivity index (χ3n) is 6.77. The summed E-state index contributed by atoms with van der Waals surface area (Å²) in [6.07, 6.45) is 5.08. The summed E-state index contributed by atoms with van der Waals surface area (Å²) in [5.41, 5.74) is 2.29. The molecule has 208 valence electrons. The first kappa shape index (κ1) is 26.6. The standard InChI is InChI=1S/C27H36FN9O2/c1-16-11-19(12-20(23(16)28)18-7-8-18)31-25-29-13-21(24(33-25)32-22-14-30-35(6)34-22)36-9-10-37(17(2)15-36)26(38)39-27(3,4)5/h11-14,17-18H,7-10,15H2,1-6H3,(H2,29,31,32,33,34). The molecule has 2 aliphatic rings. The average Bonchev–Trinajstić information content (AvgIpc) is 3.61. The van der Waals surface area contributed by atoms with Gasteiger partial charge in [0.15, 0.2) is 11.6 Å². The van der Waals surface area contributed by atoms with Crippen molar-refractivity contribution in [1.82, 2.24) is 29.9 Å². The molecule has 5 rings (SSSR count). The van der Waals surface area contributed by atoms with Gasteiger partial charge in [0.25, 0.3) is 0 Å². The number of aryl methyl sites for hydroxylation is 2. The first-order valence-electron chi connectivity index (χ1n) is 13.3. The van der Waals surface area contributed by atoms with Gasteiger partial charge in [-0.05, 0) is 76.6 Å². The van der Waals surface area contributed by atoms with Crippen molar-refractivity contribution in [1.29, 1.82) is 0 Å². The first-order valence-corrected chi connectivity index (χ1v) is 13.3. The number of carbonyl (C=O) groups excluding carboxylic acids is 1. The summed E-state index contributed by atoms with van der Waals surface area (Å²) >= 11 is 0. The van der Waals surface area contributed by atoms with Crippen LogP contribution in [0.4, 0.5) is 38.1 Å². The molecule has 3 aromatic rings. The molecule has 3 heterocycles. The molecule has 11 nitrogen and oxygen atoms in total. The molecule has 2 fully saturated rings. The largest absolute Gasteiger partial charge is 0.444 e. The molecule has 1 unspecified atom stereocenters. The van der Waals surface area contributed by atoms with Crippen molar-refractivity contribution in [3.63, 3.8) is 0 Å². The van der Waals surface area contributed by atoms with E-state index in [-0.39, 0.29) is 23.9 Å². The zero-order chi connectivity index (χ0) is 27.9. The number of anilines is 5. The van der Waals surface area contributed by atoms with Crippen molar-refractivity contribution in [2.75, 3.05) is 35.2 Å². The normalized spacial score (nSPS) is 17.8. The van der Waals surface area contributed by atoms with Gasteiger partial charge >= 0.3 is 6.09 Å². The lowest BCUT2D eigenvalue weighted by Crippen LogP contribution is -2.55. The van der Waals surface area contributed by atoms with Crippen molar-refractivity contribution >= 4 is 35.1 Å². The smallest absolute Gasteiger partial charge is 0.410 e. The SMILES string of the molecule is Cc1cc(Nc2ncc(N3CCN(C(=O)OC(C)(C)C)C(C)C3)c(Nc3cnn(C)n3)n2)cc(C2CC2)c1F. The number of piperazine rings is 1. The van der Waals surface area contributed by atoms with Crippen LogP contribution in [0.15, 0.2) is 24.5 Å². The molecule has 39 heavy (non-hydrogen) atoms. The number of amides is 1. The minimum absolute atomic E-state index is 0.0844. The van der Waals surface area contributed by atoms with Crippen LogP contribution < -0.4 is 15.5 Å². The third-order valence-corrected chi connectivity index (χ3v) is 6.77. The number of carbonyl (C=O) groups is 1. The molecular weight excluding hydrogens is 501 g/mol.